The van der Waals surface area contributed by atoms with E-state index in [9.17, 15) is 0 Å². The molecule has 0 bridgehead atoms. The van der Waals surface area contributed by atoms with Gasteiger partial charge in [0.15, 0.2) is 0 Å². The van der Waals surface area contributed by atoms with E-state index in [1.54, 1.807) is 0 Å². The van der Waals surface area contributed by atoms with Crippen LogP contribution in [-0.2, 0) is 6.54 Å². The van der Waals surface area contributed by atoms with Gasteiger partial charge in [-0.15, -0.1) is 0 Å². The van der Waals surface area contributed by atoms with Gasteiger partial charge in [0.05, 0.1) is 0 Å². The number of halogens is 2. The van der Waals surface area contributed by atoms with Gasteiger partial charge in [0.2, 0.25) is 0 Å². The predicted molar refractivity (Wildman–Crippen MR) is 80.6 cm³/mol. The molecule has 1 fully saturated rings. The summed E-state index contributed by atoms with van der Waals surface area (Å²) in [6.07, 6.45) is 3.00. The average molecular weight is 347 g/mol. The molecule has 0 spiro atoms. The molecule has 0 radical (unpaired) electrons. The van der Waals surface area contributed by atoms with Crippen molar-refractivity contribution in [1.82, 2.24) is 4.90 Å². The van der Waals surface area contributed by atoms with E-state index in [0.717, 1.165) is 28.1 Å². The van der Waals surface area contributed by atoms with Crippen LogP contribution in [0.5, 0.6) is 0 Å². The highest BCUT2D eigenvalue weighted by Gasteiger charge is 2.29. The summed E-state index contributed by atoms with van der Waals surface area (Å²) in [5.41, 5.74) is 6.63. The lowest BCUT2D eigenvalue weighted by Gasteiger charge is -2.22. The first kappa shape index (κ1) is 14.6. The van der Waals surface area contributed by atoms with Crippen molar-refractivity contribution in [2.45, 2.75) is 31.8 Å². The zero-order valence-corrected chi connectivity index (χ0v) is 12.9. The van der Waals surface area contributed by atoms with Crippen molar-refractivity contribution in [3.63, 3.8) is 0 Å². The molecule has 1 aromatic rings. The summed E-state index contributed by atoms with van der Waals surface area (Å²) in [6.45, 7) is 1.59. The van der Waals surface area contributed by atoms with Gasteiger partial charge in [-0.3, -0.25) is 4.90 Å². The summed E-state index contributed by atoms with van der Waals surface area (Å²) in [5.74, 6) is 0.271. The Kier molecular flexibility index (Phi) is 5.07. The minimum absolute atomic E-state index is 0.271. The van der Waals surface area contributed by atoms with Crippen LogP contribution in [0.3, 0.4) is 0 Å². The molecule has 0 heterocycles. The average Bonchev–Trinajstić information content (AvgIpc) is 3.20. The molecule has 1 aromatic carbocycles. The van der Waals surface area contributed by atoms with E-state index in [1.165, 1.54) is 12.8 Å². The second-order valence-corrected chi connectivity index (χ2v) is 6.10. The molecule has 0 amide bonds. The number of rotatable bonds is 6. The van der Waals surface area contributed by atoms with Gasteiger partial charge in [0.1, 0.15) is 5.84 Å². The fourth-order valence-corrected chi connectivity index (χ4v) is 2.74. The zero-order chi connectivity index (χ0) is 13.8. The molecule has 0 aliphatic heterocycles. The van der Waals surface area contributed by atoms with Crippen molar-refractivity contribution in [2.75, 3.05) is 6.54 Å². The van der Waals surface area contributed by atoms with E-state index in [1.807, 2.05) is 18.2 Å². The molecule has 104 valence electrons. The Hall–Kier alpha value is -0.780. The van der Waals surface area contributed by atoms with Crippen molar-refractivity contribution in [1.29, 1.82) is 0 Å². The molecule has 1 aliphatic rings. The van der Waals surface area contributed by atoms with Crippen LogP contribution in [-0.4, -0.2) is 28.5 Å². The Balaban J connectivity index is 2.00. The second-order valence-electron chi connectivity index (χ2n) is 4.78. The SMILES string of the molecule is N/C(CCN(Cc1ccc(Br)cc1Cl)C1CC1)=N/O. The monoisotopic (exact) mass is 345 g/mol. The maximum atomic E-state index is 8.58. The smallest absolute Gasteiger partial charge is 0.140 e. The molecule has 0 saturated heterocycles. The van der Waals surface area contributed by atoms with Crippen molar-refractivity contribution < 1.29 is 5.21 Å². The Morgan fingerprint density at radius 2 is 2.26 bits per heavy atom. The molecule has 1 saturated carbocycles. The first-order valence-electron chi connectivity index (χ1n) is 6.24. The molecule has 3 N–H and O–H groups in total. The van der Waals surface area contributed by atoms with Gasteiger partial charge in [-0.2, -0.15) is 0 Å². The number of benzene rings is 1. The lowest BCUT2D eigenvalue weighted by atomic mass is 10.2. The second kappa shape index (κ2) is 6.59. The van der Waals surface area contributed by atoms with E-state index in [2.05, 4.69) is 26.0 Å². The van der Waals surface area contributed by atoms with E-state index in [4.69, 9.17) is 22.5 Å². The van der Waals surface area contributed by atoms with E-state index in [-0.39, 0.29) is 5.84 Å². The minimum atomic E-state index is 0.271. The maximum absolute atomic E-state index is 8.58. The Morgan fingerprint density at radius 1 is 1.53 bits per heavy atom. The highest BCUT2D eigenvalue weighted by Crippen LogP contribution is 2.30. The van der Waals surface area contributed by atoms with Crippen LogP contribution < -0.4 is 5.73 Å². The third-order valence-electron chi connectivity index (χ3n) is 3.24. The Labute approximate surface area is 126 Å². The summed E-state index contributed by atoms with van der Waals surface area (Å²) in [7, 11) is 0. The predicted octanol–water partition coefficient (Wildman–Crippen LogP) is 3.20. The van der Waals surface area contributed by atoms with Crippen LogP contribution in [0.4, 0.5) is 0 Å². The summed E-state index contributed by atoms with van der Waals surface area (Å²) in [4.78, 5) is 2.34. The van der Waals surface area contributed by atoms with Gasteiger partial charge >= 0.3 is 0 Å². The van der Waals surface area contributed by atoms with E-state index < -0.39 is 0 Å². The first-order chi connectivity index (χ1) is 9.10. The minimum Gasteiger partial charge on any atom is -0.409 e. The quantitative estimate of drug-likeness (QED) is 0.360. The summed E-state index contributed by atoms with van der Waals surface area (Å²) in [5, 5.41) is 12.4. The molecule has 4 nitrogen and oxygen atoms in total. The highest BCUT2D eigenvalue weighted by molar-refractivity contribution is 9.10. The molecule has 0 atom stereocenters. The zero-order valence-electron chi connectivity index (χ0n) is 10.5. The van der Waals surface area contributed by atoms with E-state index >= 15 is 0 Å². The lowest BCUT2D eigenvalue weighted by molar-refractivity contribution is 0.259. The van der Waals surface area contributed by atoms with Crippen LogP contribution in [0.15, 0.2) is 27.8 Å². The third-order valence-corrected chi connectivity index (χ3v) is 4.08. The van der Waals surface area contributed by atoms with Crippen LogP contribution in [0.1, 0.15) is 24.8 Å². The number of amidine groups is 1. The van der Waals surface area contributed by atoms with Gasteiger partial charge < -0.3 is 10.9 Å². The van der Waals surface area contributed by atoms with Crippen molar-refractivity contribution in [2.24, 2.45) is 10.9 Å². The van der Waals surface area contributed by atoms with Gasteiger partial charge in [0.25, 0.3) is 0 Å². The fourth-order valence-electron chi connectivity index (χ4n) is 2.01. The molecular formula is C13H17BrClN3O. The van der Waals surface area contributed by atoms with Crippen molar-refractivity contribution >= 4 is 33.4 Å². The Morgan fingerprint density at radius 3 is 2.84 bits per heavy atom. The molecular weight excluding hydrogens is 330 g/mol. The highest BCUT2D eigenvalue weighted by atomic mass is 79.9. The molecule has 0 aromatic heterocycles. The molecule has 6 heteroatoms. The largest absolute Gasteiger partial charge is 0.409 e. The molecule has 2 rings (SSSR count). The lowest BCUT2D eigenvalue weighted by Crippen LogP contribution is -2.30. The third kappa shape index (κ3) is 4.37. The number of hydrogen-bond donors (Lipinski definition) is 2. The first-order valence-corrected chi connectivity index (χ1v) is 7.41. The van der Waals surface area contributed by atoms with Crippen molar-refractivity contribution in [3.8, 4) is 0 Å². The topological polar surface area (TPSA) is 61.8 Å². The van der Waals surface area contributed by atoms with Gasteiger partial charge in [0, 0.05) is 35.0 Å². The molecule has 0 unspecified atom stereocenters. The number of nitrogens with zero attached hydrogens (tertiary/aromatic N) is 2. The Bertz CT molecular complexity index is 477. The molecule has 1 aliphatic carbocycles. The van der Waals surface area contributed by atoms with Gasteiger partial charge in [-0.1, -0.05) is 38.8 Å². The number of hydrogen-bond acceptors (Lipinski definition) is 3. The maximum Gasteiger partial charge on any atom is 0.140 e. The van der Waals surface area contributed by atoms with Crippen LogP contribution in [0.2, 0.25) is 5.02 Å². The van der Waals surface area contributed by atoms with Crippen molar-refractivity contribution in [3.05, 3.63) is 33.3 Å². The summed E-state index contributed by atoms with van der Waals surface area (Å²) < 4.78 is 0.982. The summed E-state index contributed by atoms with van der Waals surface area (Å²) >= 11 is 9.65. The van der Waals surface area contributed by atoms with Gasteiger partial charge in [-0.05, 0) is 30.5 Å². The van der Waals surface area contributed by atoms with Crippen LogP contribution in [0, 0.1) is 0 Å². The van der Waals surface area contributed by atoms with Crippen LogP contribution >= 0.6 is 27.5 Å². The fraction of sp³-hybridized carbons (Fsp3) is 0.462. The standard InChI is InChI=1S/C13H17BrClN3O/c14-10-2-1-9(12(15)7-10)8-18(11-3-4-11)6-5-13(16)17-19/h1-2,7,11,19H,3-6,8H2,(H2,16,17). The number of nitrogens with two attached hydrogens (primary N) is 1. The number of oxime groups is 1. The normalized spacial score (nSPS) is 16.1. The summed E-state index contributed by atoms with van der Waals surface area (Å²) in [6, 6.07) is 6.54. The van der Waals surface area contributed by atoms with Crippen LogP contribution in [0.25, 0.3) is 0 Å². The van der Waals surface area contributed by atoms with Gasteiger partial charge in [-0.25, -0.2) is 0 Å². The van der Waals surface area contributed by atoms with E-state index in [0.29, 0.717) is 12.5 Å². The molecule has 19 heavy (non-hydrogen) atoms.